The Morgan fingerprint density at radius 2 is 2.16 bits per heavy atom. The number of benzene rings is 1. The van der Waals surface area contributed by atoms with Crippen LogP contribution in [0.5, 0.6) is 0 Å². The van der Waals surface area contributed by atoms with Crippen molar-refractivity contribution in [2.24, 2.45) is 0 Å². The van der Waals surface area contributed by atoms with E-state index >= 15 is 0 Å². The molecule has 0 spiro atoms. The van der Waals surface area contributed by atoms with Crippen LogP contribution in [0, 0.1) is 0 Å². The second-order valence-electron chi connectivity index (χ2n) is 4.25. The van der Waals surface area contributed by atoms with Crippen molar-refractivity contribution in [3.63, 3.8) is 0 Å². The molecule has 1 amide bonds. The SMILES string of the molecule is COCCNCCNC(=O)c1cccc2cc[nH]c12. The van der Waals surface area contributed by atoms with Crippen molar-refractivity contribution in [2.45, 2.75) is 0 Å². The first kappa shape index (κ1) is 13.6. The summed E-state index contributed by atoms with van der Waals surface area (Å²) >= 11 is 0. The number of hydrogen-bond donors (Lipinski definition) is 3. The van der Waals surface area contributed by atoms with Crippen molar-refractivity contribution in [3.8, 4) is 0 Å². The van der Waals surface area contributed by atoms with Gasteiger partial charge in [0.2, 0.25) is 0 Å². The van der Waals surface area contributed by atoms with Gasteiger partial charge in [-0.1, -0.05) is 12.1 Å². The Hall–Kier alpha value is -1.85. The molecule has 0 fully saturated rings. The van der Waals surface area contributed by atoms with Gasteiger partial charge in [-0.05, 0) is 12.1 Å². The molecule has 3 N–H and O–H groups in total. The number of ether oxygens (including phenoxy) is 1. The molecule has 0 aliphatic heterocycles. The predicted molar refractivity (Wildman–Crippen MR) is 75.4 cm³/mol. The first-order valence-electron chi connectivity index (χ1n) is 6.37. The summed E-state index contributed by atoms with van der Waals surface area (Å²) < 4.78 is 4.92. The lowest BCUT2D eigenvalue weighted by atomic mass is 10.1. The maximum absolute atomic E-state index is 12.1. The highest BCUT2D eigenvalue weighted by Gasteiger charge is 2.09. The number of rotatable bonds is 7. The monoisotopic (exact) mass is 261 g/mol. The third kappa shape index (κ3) is 3.56. The fourth-order valence-corrected chi connectivity index (χ4v) is 1.93. The van der Waals surface area contributed by atoms with Crippen LogP contribution >= 0.6 is 0 Å². The smallest absolute Gasteiger partial charge is 0.253 e. The Morgan fingerprint density at radius 3 is 3.00 bits per heavy atom. The van der Waals surface area contributed by atoms with Gasteiger partial charge in [0, 0.05) is 38.3 Å². The van der Waals surface area contributed by atoms with E-state index in [1.54, 1.807) is 7.11 Å². The largest absolute Gasteiger partial charge is 0.383 e. The van der Waals surface area contributed by atoms with E-state index in [1.807, 2.05) is 30.5 Å². The number of fused-ring (bicyclic) bond motifs is 1. The normalized spacial score (nSPS) is 10.8. The number of aromatic amines is 1. The van der Waals surface area contributed by atoms with Crippen LogP contribution in [0.1, 0.15) is 10.4 Å². The van der Waals surface area contributed by atoms with Crippen molar-refractivity contribution < 1.29 is 9.53 Å². The molecule has 0 bridgehead atoms. The molecular weight excluding hydrogens is 242 g/mol. The van der Waals surface area contributed by atoms with Crippen LogP contribution in [0.4, 0.5) is 0 Å². The third-order valence-corrected chi connectivity index (χ3v) is 2.90. The van der Waals surface area contributed by atoms with Crippen LogP contribution in [0.3, 0.4) is 0 Å². The highest BCUT2D eigenvalue weighted by Crippen LogP contribution is 2.16. The first-order valence-corrected chi connectivity index (χ1v) is 6.37. The molecule has 2 rings (SSSR count). The number of carbonyl (C=O) groups is 1. The van der Waals surface area contributed by atoms with E-state index in [4.69, 9.17) is 4.74 Å². The Balaban J connectivity index is 1.85. The number of para-hydroxylation sites is 1. The lowest BCUT2D eigenvalue weighted by Gasteiger charge is -2.07. The van der Waals surface area contributed by atoms with E-state index in [2.05, 4.69) is 15.6 Å². The zero-order valence-corrected chi connectivity index (χ0v) is 11.0. The van der Waals surface area contributed by atoms with E-state index in [0.717, 1.165) is 24.0 Å². The molecule has 0 atom stereocenters. The van der Waals surface area contributed by atoms with Gasteiger partial charge in [0.05, 0.1) is 17.7 Å². The predicted octanol–water partition coefficient (Wildman–Crippen LogP) is 1.13. The van der Waals surface area contributed by atoms with Crippen molar-refractivity contribution >= 4 is 16.8 Å². The van der Waals surface area contributed by atoms with Gasteiger partial charge in [0.1, 0.15) is 0 Å². The number of methoxy groups -OCH3 is 1. The second-order valence-corrected chi connectivity index (χ2v) is 4.25. The van der Waals surface area contributed by atoms with E-state index in [0.29, 0.717) is 18.7 Å². The summed E-state index contributed by atoms with van der Waals surface area (Å²) in [7, 11) is 1.67. The quantitative estimate of drug-likeness (QED) is 0.655. The Kier molecular flexibility index (Phi) is 4.94. The minimum Gasteiger partial charge on any atom is -0.383 e. The zero-order valence-electron chi connectivity index (χ0n) is 11.0. The fourth-order valence-electron chi connectivity index (χ4n) is 1.93. The van der Waals surface area contributed by atoms with E-state index in [-0.39, 0.29) is 5.91 Å². The number of aromatic nitrogens is 1. The molecule has 1 aromatic carbocycles. The lowest BCUT2D eigenvalue weighted by molar-refractivity contribution is 0.0955. The molecule has 102 valence electrons. The van der Waals surface area contributed by atoms with Gasteiger partial charge in [0.25, 0.3) is 5.91 Å². The summed E-state index contributed by atoms with van der Waals surface area (Å²) in [6.45, 7) is 2.80. The third-order valence-electron chi connectivity index (χ3n) is 2.90. The molecule has 0 saturated carbocycles. The minimum absolute atomic E-state index is 0.0541. The topological polar surface area (TPSA) is 66.2 Å². The van der Waals surface area contributed by atoms with E-state index in [9.17, 15) is 4.79 Å². The molecule has 0 radical (unpaired) electrons. The number of amides is 1. The summed E-state index contributed by atoms with van der Waals surface area (Å²) in [5.74, 6) is -0.0541. The number of hydrogen-bond acceptors (Lipinski definition) is 3. The van der Waals surface area contributed by atoms with Gasteiger partial charge >= 0.3 is 0 Å². The fraction of sp³-hybridized carbons (Fsp3) is 0.357. The van der Waals surface area contributed by atoms with E-state index < -0.39 is 0 Å². The molecule has 1 aromatic heterocycles. The molecule has 0 saturated heterocycles. The summed E-state index contributed by atoms with van der Waals surface area (Å²) in [6, 6.07) is 7.65. The minimum atomic E-state index is -0.0541. The van der Waals surface area contributed by atoms with Gasteiger partial charge < -0.3 is 20.4 Å². The highest BCUT2D eigenvalue weighted by atomic mass is 16.5. The van der Waals surface area contributed by atoms with Crippen LogP contribution in [-0.4, -0.2) is 44.2 Å². The van der Waals surface area contributed by atoms with Crippen molar-refractivity contribution in [3.05, 3.63) is 36.0 Å². The average molecular weight is 261 g/mol. The van der Waals surface area contributed by atoms with Gasteiger partial charge in [-0.3, -0.25) is 4.79 Å². The molecular formula is C14H19N3O2. The maximum atomic E-state index is 12.1. The summed E-state index contributed by atoms with van der Waals surface area (Å²) in [4.78, 5) is 15.2. The lowest BCUT2D eigenvalue weighted by Crippen LogP contribution is -2.33. The van der Waals surface area contributed by atoms with E-state index in [1.165, 1.54) is 0 Å². The number of H-pyrrole nitrogens is 1. The van der Waals surface area contributed by atoms with Gasteiger partial charge in [-0.2, -0.15) is 0 Å². The molecule has 5 nitrogen and oxygen atoms in total. The van der Waals surface area contributed by atoms with Crippen molar-refractivity contribution in [1.82, 2.24) is 15.6 Å². The molecule has 2 aromatic rings. The zero-order chi connectivity index (χ0) is 13.5. The van der Waals surface area contributed by atoms with Crippen LogP contribution in [0.25, 0.3) is 10.9 Å². The molecule has 1 heterocycles. The number of nitrogens with one attached hydrogen (secondary N) is 3. The van der Waals surface area contributed by atoms with Crippen LogP contribution in [-0.2, 0) is 4.74 Å². The highest BCUT2D eigenvalue weighted by molar-refractivity contribution is 6.05. The standard InChI is InChI=1S/C14H19N3O2/c1-19-10-9-15-7-8-17-14(18)12-4-2-3-11-5-6-16-13(11)12/h2-6,15-16H,7-10H2,1H3,(H,17,18). The van der Waals surface area contributed by atoms with Gasteiger partial charge in [-0.15, -0.1) is 0 Å². The molecule has 19 heavy (non-hydrogen) atoms. The number of carbonyl (C=O) groups excluding carboxylic acids is 1. The molecule has 0 aliphatic carbocycles. The Morgan fingerprint density at radius 1 is 1.26 bits per heavy atom. The van der Waals surface area contributed by atoms with Crippen LogP contribution < -0.4 is 10.6 Å². The van der Waals surface area contributed by atoms with Gasteiger partial charge in [0.15, 0.2) is 0 Å². The van der Waals surface area contributed by atoms with Crippen LogP contribution in [0.15, 0.2) is 30.5 Å². The van der Waals surface area contributed by atoms with Gasteiger partial charge in [-0.25, -0.2) is 0 Å². The molecule has 5 heteroatoms. The van der Waals surface area contributed by atoms with Crippen LogP contribution in [0.2, 0.25) is 0 Å². The Bertz CT molecular complexity index is 536. The van der Waals surface area contributed by atoms with Crippen molar-refractivity contribution in [1.29, 1.82) is 0 Å². The summed E-state index contributed by atoms with van der Waals surface area (Å²) in [5, 5.41) is 7.12. The first-order chi connectivity index (χ1) is 9.33. The van der Waals surface area contributed by atoms with Crippen molar-refractivity contribution in [2.75, 3.05) is 33.4 Å². The maximum Gasteiger partial charge on any atom is 0.253 e. The second kappa shape index (κ2) is 6.92. The summed E-state index contributed by atoms with van der Waals surface area (Å²) in [6.07, 6.45) is 1.84. The Labute approximate surface area is 112 Å². The average Bonchev–Trinajstić information content (AvgIpc) is 2.90. The molecule has 0 unspecified atom stereocenters. The molecule has 0 aliphatic rings. The summed E-state index contributed by atoms with van der Waals surface area (Å²) in [5.41, 5.74) is 1.56.